The molecule has 4 nitrogen and oxygen atoms in total. The Balaban J connectivity index is 1.65. The Morgan fingerprint density at radius 2 is 1.94 bits per heavy atom. The third-order valence-corrected chi connectivity index (χ3v) is 4.60. The number of ether oxygens (including phenoxy) is 2. The van der Waals surface area contributed by atoms with Crippen molar-refractivity contribution in [3.63, 3.8) is 0 Å². The van der Waals surface area contributed by atoms with Crippen LogP contribution in [0.25, 0.3) is 0 Å². The largest absolute Gasteiger partial charge is 0.377 e. The van der Waals surface area contributed by atoms with E-state index in [1.807, 2.05) is 0 Å². The number of amides is 1. The summed E-state index contributed by atoms with van der Waals surface area (Å²) in [5.74, 6) is 0.882. The second-order valence-electron chi connectivity index (χ2n) is 5.72. The maximum Gasteiger partial charge on any atom is 0.252 e. The van der Waals surface area contributed by atoms with E-state index in [2.05, 4.69) is 4.90 Å². The van der Waals surface area contributed by atoms with E-state index in [0.717, 1.165) is 39.0 Å². The number of nitrogens with zero attached hydrogens (tertiary/aromatic N) is 1. The molecule has 0 aromatic rings. The van der Waals surface area contributed by atoms with Crippen LogP contribution in [0.4, 0.5) is 0 Å². The van der Waals surface area contributed by atoms with Crippen molar-refractivity contribution >= 4 is 5.91 Å². The first kappa shape index (κ1) is 12.4. The van der Waals surface area contributed by atoms with Crippen LogP contribution in [0.3, 0.4) is 0 Å². The molecule has 2 saturated heterocycles. The van der Waals surface area contributed by atoms with Crippen molar-refractivity contribution in [2.45, 2.75) is 50.7 Å². The second kappa shape index (κ2) is 5.57. The van der Waals surface area contributed by atoms with Gasteiger partial charge in [-0.25, -0.2) is 0 Å². The fraction of sp³-hybridized carbons (Fsp3) is 0.929. The molecule has 0 aromatic heterocycles. The van der Waals surface area contributed by atoms with E-state index in [1.165, 1.54) is 19.3 Å². The first-order chi connectivity index (χ1) is 8.86. The lowest BCUT2D eigenvalue weighted by Crippen LogP contribution is -2.56. The minimum absolute atomic E-state index is 0.181. The van der Waals surface area contributed by atoms with Crippen LogP contribution in [-0.2, 0) is 14.3 Å². The van der Waals surface area contributed by atoms with Gasteiger partial charge in [0.05, 0.1) is 19.3 Å². The van der Waals surface area contributed by atoms with Gasteiger partial charge in [-0.3, -0.25) is 4.79 Å². The second-order valence-corrected chi connectivity index (χ2v) is 5.72. The molecule has 18 heavy (non-hydrogen) atoms. The van der Waals surface area contributed by atoms with Crippen molar-refractivity contribution in [1.29, 1.82) is 0 Å². The monoisotopic (exact) mass is 253 g/mol. The van der Waals surface area contributed by atoms with E-state index in [9.17, 15) is 4.79 Å². The summed E-state index contributed by atoms with van der Waals surface area (Å²) < 4.78 is 11.2. The van der Waals surface area contributed by atoms with Gasteiger partial charge in [-0.1, -0.05) is 6.42 Å². The molecule has 1 amide bonds. The Labute approximate surface area is 109 Å². The minimum Gasteiger partial charge on any atom is -0.377 e. The van der Waals surface area contributed by atoms with E-state index in [4.69, 9.17) is 9.47 Å². The lowest BCUT2D eigenvalue weighted by atomic mass is 9.79. The standard InChI is InChI=1S/C14H23NO3/c16-14(13-6-1-2-8-18-13)15-7-9-17-10-12(15)11-4-3-5-11/h11-13H,1-10H2. The predicted octanol–water partition coefficient (Wildman–Crippen LogP) is 1.58. The Bertz CT molecular complexity index is 297. The number of carbonyl (C=O) groups is 1. The van der Waals surface area contributed by atoms with Gasteiger partial charge in [0.1, 0.15) is 6.10 Å². The average molecular weight is 253 g/mol. The van der Waals surface area contributed by atoms with Crippen LogP contribution in [-0.4, -0.2) is 49.3 Å². The van der Waals surface area contributed by atoms with Crippen LogP contribution in [0.1, 0.15) is 38.5 Å². The molecule has 3 fully saturated rings. The molecule has 1 aliphatic carbocycles. The van der Waals surface area contributed by atoms with Crippen molar-refractivity contribution in [2.24, 2.45) is 5.92 Å². The molecule has 2 unspecified atom stereocenters. The number of carbonyl (C=O) groups excluding carboxylic acids is 1. The molecule has 2 atom stereocenters. The molecular formula is C14H23NO3. The Hall–Kier alpha value is -0.610. The summed E-state index contributed by atoms with van der Waals surface area (Å²) in [4.78, 5) is 14.6. The van der Waals surface area contributed by atoms with Crippen LogP contribution < -0.4 is 0 Å². The molecule has 0 N–H and O–H groups in total. The van der Waals surface area contributed by atoms with Crippen molar-refractivity contribution in [3.8, 4) is 0 Å². The van der Waals surface area contributed by atoms with E-state index in [1.54, 1.807) is 0 Å². The summed E-state index contributed by atoms with van der Waals surface area (Å²) in [7, 11) is 0. The van der Waals surface area contributed by atoms with Gasteiger partial charge in [0, 0.05) is 13.2 Å². The van der Waals surface area contributed by atoms with Gasteiger partial charge < -0.3 is 14.4 Å². The van der Waals surface area contributed by atoms with Gasteiger partial charge in [0.15, 0.2) is 0 Å². The van der Waals surface area contributed by atoms with Gasteiger partial charge in [0.2, 0.25) is 0 Å². The number of morpholine rings is 1. The lowest BCUT2D eigenvalue weighted by Gasteiger charge is -2.44. The molecule has 0 spiro atoms. The maximum atomic E-state index is 12.6. The molecule has 4 heteroatoms. The van der Waals surface area contributed by atoms with Crippen LogP contribution in [0.15, 0.2) is 0 Å². The molecule has 0 radical (unpaired) electrons. The Morgan fingerprint density at radius 3 is 2.61 bits per heavy atom. The number of hydrogen-bond acceptors (Lipinski definition) is 3. The van der Waals surface area contributed by atoms with Gasteiger partial charge in [-0.05, 0) is 38.0 Å². The van der Waals surface area contributed by atoms with Gasteiger partial charge in [0.25, 0.3) is 5.91 Å². The van der Waals surface area contributed by atoms with Crippen molar-refractivity contribution in [1.82, 2.24) is 4.90 Å². The highest BCUT2D eigenvalue weighted by Gasteiger charge is 2.39. The van der Waals surface area contributed by atoms with Crippen molar-refractivity contribution < 1.29 is 14.3 Å². The van der Waals surface area contributed by atoms with Crippen LogP contribution >= 0.6 is 0 Å². The Morgan fingerprint density at radius 1 is 1.06 bits per heavy atom. The van der Waals surface area contributed by atoms with Gasteiger partial charge in [-0.2, -0.15) is 0 Å². The molecule has 2 aliphatic heterocycles. The van der Waals surface area contributed by atoms with E-state index >= 15 is 0 Å². The first-order valence-corrected chi connectivity index (χ1v) is 7.36. The molecule has 3 aliphatic rings. The summed E-state index contributed by atoms with van der Waals surface area (Å²) in [5.41, 5.74) is 0. The number of hydrogen-bond donors (Lipinski definition) is 0. The number of rotatable bonds is 2. The summed E-state index contributed by atoms with van der Waals surface area (Å²) in [5, 5.41) is 0. The predicted molar refractivity (Wildman–Crippen MR) is 67.3 cm³/mol. The molecule has 2 heterocycles. The fourth-order valence-electron chi connectivity index (χ4n) is 3.23. The average Bonchev–Trinajstić information content (AvgIpc) is 2.38. The topological polar surface area (TPSA) is 38.8 Å². The van der Waals surface area contributed by atoms with Crippen LogP contribution in [0.5, 0.6) is 0 Å². The zero-order valence-electron chi connectivity index (χ0n) is 11.0. The van der Waals surface area contributed by atoms with E-state index in [-0.39, 0.29) is 12.0 Å². The molecule has 102 valence electrons. The third kappa shape index (κ3) is 2.41. The van der Waals surface area contributed by atoms with E-state index < -0.39 is 0 Å². The third-order valence-electron chi connectivity index (χ3n) is 4.60. The molecule has 0 bridgehead atoms. The SMILES string of the molecule is O=C(C1CCCCO1)N1CCOCC1C1CCC1. The summed E-state index contributed by atoms with van der Waals surface area (Å²) in [6.07, 6.45) is 6.75. The van der Waals surface area contributed by atoms with Crippen LogP contribution in [0, 0.1) is 5.92 Å². The Kier molecular flexibility index (Phi) is 3.85. The zero-order chi connectivity index (χ0) is 12.4. The van der Waals surface area contributed by atoms with Crippen molar-refractivity contribution in [3.05, 3.63) is 0 Å². The van der Waals surface area contributed by atoms with Gasteiger partial charge >= 0.3 is 0 Å². The maximum absolute atomic E-state index is 12.6. The lowest BCUT2D eigenvalue weighted by molar-refractivity contribution is -0.158. The molecule has 0 aromatic carbocycles. The zero-order valence-corrected chi connectivity index (χ0v) is 11.0. The highest BCUT2D eigenvalue weighted by atomic mass is 16.5. The smallest absolute Gasteiger partial charge is 0.252 e. The van der Waals surface area contributed by atoms with Crippen LogP contribution in [0.2, 0.25) is 0 Å². The normalized spacial score (nSPS) is 34.1. The fourth-order valence-corrected chi connectivity index (χ4v) is 3.23. The highest BCUT2D eigenvalue weighted by molar-refractivity contribution is 5.81. The first-order valence-electron chi connectivity index (χ1n) is 7.36. The summed E-state index contributed by atoms with van der Waals surface area (Å²) >= 11 is 0. The molecule has 3 rings (SSSR count). The summed E-state index contributed by atoms with van der Waals surface area (Å²) in [6, 6.07) is 0.311. The van der Waals surface area contributed by atoms with E-state index in [0.29, 0.717) is 18.6 Å². The molecular weight excluding hydrogens is 230 g/mol. The highest BCUT2D eigenvalue weighted by Crippen LogP contribution is 2.34. The summed E-state index contributed by atoms with van der Waals surface area (Å²) in [6.45, 7) is 2.90. The van der Waals surface area contributed by atoms with Gasteiger partial charge in [-0.15, -0.1) is 0 Å². The van der Waals surface area contributed by atoms with Crippen molar-refractivity contribution in [2.75, 3.05) is 26.4 Å². The molecule has 1 saturated carbocycles. The quantitative estimate of drug-likeness (QED) is 0.750. The minimum atomic E-state index is -0.181.